The van der Waals surface area contributed by atoms with Crippen LogP contribution in [0, 0.1) is 5.92 Å². The van der Waals surface area contributed by atoms with Crippen molar-refractivity contribution in [3.05, 3.63) is 30.0 Å². The molecular weight excluding hydrogens is 310 g/mol. The van der Waals surface area contributed by atoms with Crippen molar-refractivity contribution < 1.29 is 23.8 Å². The minimum Gasteiger partial charge on any atom is -0.497 e. The van der Waals surface area contributed by atoms with Crippen molar-refractivity contribution in [3.63, 3.8) is 0 Å². The summed E-state index contributed by atoms with van der Waals surface area (Å²) in [6.07, 6.45) is 1.82. The Hall–Kier alpha value is -2.50. The summed E-state index contributed by atoms with van der Waals surface area (Å²) in [5, 5.41) is 0. The molecule has 130 valence electrons. The molecule has 6 heteroatoms. The molecule has 1 amide bonds. The minimum atomic E-state index is -0.553. The molecule has 6 nitrogen and oxygen atoms in total. The van der Waals surface area contributed by atoms with Gasteiger partial charge in [-0.2, -0.15) is 0 Å². The van der Waals surface area contributed by atoms with Gasteiger partial charge < -0.3 is 19.1 Å². The number of rotatable bonds is 6. The van der Waals surface area contributed by atoms with E-state index in [0.29, 0.717) is 29.6 Å². The quantitative estimate of drug-likeness (QED) is 0.591. The van der Waals surface area contributed by atoms with E-state index < -0.39 is 5.97 Å². The lowest BCUT2D eigenvalue weighted by atomic mass is 10.0. The number of carbonyl (C=O) groups excluding carboxylic acids is 2. The van der Waals surface area contributed by atoms with E-state index in [1.54, 1.807) is 17.0 Å². The molecule has 0 bridgehead atoms. The van der Waals surface area contributed by atoms with Gasteiger partial charge in [0.2, 0.25) is 0 Å². The first-order valence-electron chi connectivity index (χ1n) is 7.91. The Morgan fingerprint density at radius 2 is 2.08 bits per heavy atom. The van der Waals surface area contributed by atoms with Gasteiger partial charge in [0.25, 0.3) is 5.91 Å². The molecule has 2 rings (SSSR count). The Balaban J connectivity index is 2.53. The van der Waals surface area contributed by atoms with Gasteiger partial charge in [-0.05, 0) is 18.4 Å². The minimum absolute atomic E-state index is 0.0238. The van der Waals surface area contributed by atoms with Gasteiger partial charge in [-0.25, -0.2) is 4.79 Å². The zero-order chi connectivity index (χ0) is 17.9. The summed E-state index contributed by atoms with van der Waals surface area (Å²) >= 11 is 0. The fraction of sp³-hybridized carbons (Fsp3) is 0.444. The summed E-state index contributed by atoms with van der Waals surface area (Å²) in [4.78, 5) is 26.3. The SMILES string of the molecule is C=C1Oc2cc(OC)cc(C(=O)OC)c2N(CCC(C)CC)C1=O. The van der Waals surface area contributed by atoms with E-state index in [2.05, 4.69) is 20.4 Å². The highest BCUT2D eigenvalue weighted by molar-refractivity contribution is 6.11. The maximum atomic E-state index is 12.5. The molecule has 24 heavy (non-hydrogen) atoms. The van der Waals surface area contributed by atoms with Gasteiger partial charge in [0.15, 0.2) is 11.5 Å². The molecule has 0 saturated carbocycles. The standard InChI is InChI=1S/C18H23NO5/c1-6-11(2)7-8-19-16-14(18(21)23-5)9-13(22-4)10-15(16)24-12(3)17(19)20/h9-11H,3,6-8H2,1-2,4-5H3. The number of amides is 1. The van der Waals surface area contributed by atoms with E-state index in [1.807, 2.05) is 0 Å². The first-order valence-corrected chi connectivity index (χ1v) is 7.91. The van der Waals surface area contributed by atoms with Crippen molar-refractivity contribution in [3.8, 4) is 11.5 Å². The number of hydrogen-bond acceptors (Lipinski definition) is 5. The van der Waals surface area contributed by atoms with Crippen molar-refractivity contribution in [2.24, 2.45) is 5.92 Å². The summed E-state index contributed by atoms with van der Waals surface area (Å²) < 4.78 is 15.6. The monoisotopic (exact) mass is 333 g/mol. The number of hydrogen-bond donors (Lipinski definition) is 0. The first kappa shape index (κ1) is 17.8. The Bertz CT molecular complexity index is 668. The molecular formula is C18H23NO5. The molecule has 0 aliphatic carbocycles. The van der Waals surface area contributed by atoms with E-state index in [9.17, 15) is 9.59 Å². The van der Waals surface area contributed by atoms with Gasteiger partial charge in [-0.15, -0.1) is 0 Å². The van der Waals surface area contributed by atoms with Crippen molar-refractivity contribution in [1.29, 1.82) is 0 Å². The zero-order valence-corrected chi connectivity index (χ0v) is 14.5. The van der Waals surface area contributed by atoms with Crippen LogP contribution in [0.1, 0.15) is 37.0 Å². The molecule has 1 aromatic carbocycles. The maximum absolute atomic E-state index is 12.5. The Morgan fingerprint density at radius 3 is 2.67 bits per heavy atom. The number of benzene rings is 1. The molecule has 1 aromatic rings. The largest absolute Gasteiger partial charge is 0.497 e. The summed E-state index contributed by atoms with van der Waals surface area (Å²) in [7, 11) is 2.79. The Morgan fingerprint density at radius 1 is 1.38 bits per heavy atom. The number of anilines is 1. The van der Waals surface area contributed by atoms with Crippen molar-refractivity contribution in [1.82, 2.24) is 0 Å². The van der Waals surface area contributed by atoms with Gasteiger partial charge in [-0.3, -0.25) is 4.79 Å². The van der Waals surface area contributed by atoms with Crippen LogP contribution in [0.3, 0.4) is 0 Å². The lowest BCUT2D eigenvalue weighted by Gasteiger charge is -2.32. The highest BCUT2D eigenvalue weighted by atomic mass is 16.5. The van der Waals surface area contributed by atoms with Crippen LogP contribution in [-0.2, 0) is 9.53 Å². The Labute approximate surface area is 142 Å². The summed E-state index contributed by atoms with van der Waals surface area (Å²) in [6.45, 7) is 8.36. The van der Waals surface area contributed by atoms with Crippen LogP contribution in [0.15, 0.2) is 24.5 Å². The van der Waals surface area contributed by atoms with Gasteiger partial charge in [0, 0.05) is 12.6 Å². The molecule has 0 fully saturated rings. The van der Waals surface area contributed by atoms with Gasteiger partial charge in [-0.1, -0.05) is 26.8 Å². The lowest BCUT2D eigenvalue weighted by molar-refractivity contribution is -0.117. The van der Waals surface area contributed by atoms with Crippen LogP contribution in [0.2, 0.25) is 0 Å². The number of ether oxygens (including phenoxy) is 3. The van der Waals surface area contributed by atoms with Crippen LogP contribution in [0.4, 0.5) is 5.69 Å². The first-order chi connectivity index (χ1) is 11.4. The molecule has 1 heterocycles. The van der Waals surface area contributed by atoms with E-state index in [0.717, 1.165) is 12.8 Å². The second kappa shape index (κ2) is 7.38. The van der Waals surface area contributed by atoms with Crippen LogP contribution >= 0.6 is 0 Å². The normalized spacial score (nSPS) is 14.8. The summed E-state index contributed by atoms with van der Waals surface area (Å²) in [5.74, 6) is 0.387. The third kappa shape index (κ3) is 3.37. The predicted octanol–water partition coefficient (Wildman–Crippen LogP) is 3.16. The lowest BCUT2D eigenvalue weighted by Crippen LogP contribution is -2.39. The van der Waals surface area contributed by atoms with Crippen LogP contribution < -0.4 is 14.4 Å². The van der Waals surface area contributed by atoms with E-state index in [-0.39, 0.29) is 17.2 Å². The summed E-state index contributed by atoms with van der Waals surface area (Å²) in [6, 6.07) is 3.18. The van der Waals surface area contributed by atoms with Crippen molar-refractivity contribution >= 4 is 17.6 Å². The fourth-order valence-electron chi connectivity index (χ4n) is 2.52. The van der Waals surface area contributed by atoms with E-state index in [4.69, 9.17) is 14.2 Å². The molecule has 1 unspecified atom stereocenters. The Kier molecular flexibility index (Phi) is 5.49. The molecule has 0 spiro atoms. The number of fused-ring (bicyclic) bond motifs is 1. The molecule has 1 aliphatic heterocycles. The number of esters is 1. The average molecular weight is 333 g/mol. The topological polar surface area (TPSA) is 65.1 Å². The number of carbonyl (C=O) groups is 2. The third-order valence-electron chi connectivity index (χ3n) is 4.22. The van der Waals surface area contributed by atoms with Gasteiger partial charge >= 0.3 is 5.97 Å². The fourth-order valence-corrected chi connectivity index (χ4v) is 2.52. The zero-order valence-electron chi connectivity index (χ0n) is 14.5. The molecule has 1 aliphatic rings. The highest BCUT2D eigenvalue weighted by Gasteiger charge is 2.34. The maximum Gasteiger partial charge on any atom is 0.340 e. The second-order valence-electron chi connectivity index (χ2n) is 5.80. The predicted molar refractivity (Wildman–Crippen MR) is 90.5 cm³/mol. The molecule has 0 saturated heterocycles. The summed E-state index contributed by atoms with van der Waals surface area (Å²) in [5.41, 5.74) is 0.639. The van der Waals surface area contributed by atoms with Crippen LogP contribution in [0.5, 0.6) is 11.5 Å². The van der Waals surface area contributed by atoms with Crippen molar-refractivity contribution in [2.45, 2.75) is 26.7 Å². The molecule has 0 aromatic heterocycles. The van der Waals surface area contributed by atoms with Crippen LogP contribution in [-0.4, -0.2) is 32.6 Å². The van der Waals surface area contributed by atoms with Crippen LogP contribution in [0.25, 0.3) is 0 Å². The van der Waals surface area contributed by atoms with Gasteiger partial charge in [0.05, 0.1) is 19.8 Å². The number of methoxy groups -OCH3 is 2. The average Bonchev–Trinajstić information content (AvgIpc) is 2.60. The third-order valence-corrected chi connectivity index (χ3v) is 4.22. The van der Waals surface area contributed by atoms with E-state index in [1.165, 1.54) is 14.2 Å². The molecule has 0 N–H and O–H groups in total. The number of nitrogens with zero attached hydrogens (tertiary/aromatic N) is 1. The molecule has 0 radical (unpaired) electrons. The van der Waals surface area contributed by atoms with E-state index >= 15 is 0 Å². The van der Waals surface area contributed by atoms with Crippen molar-refractivity contribution in [2.75, 3.05) is 25.7 Å². The van der Waals surface area contributed by atoms with Gasteiger partial charge in [0.1, 0.15) is 11.4 Å². The smallest absolute Gasteiger partial charge is 0.340 e. The highest BCUT2D eigenvalue weighted by Crippen LogP contribution is 2.41. The molecule has 1 atom stereocenters. The second-order valence-corrected chi connectivity index (χ2v) is 5.80.